The van der Waals surface area contributed by atoms with Gasteiger partial charge in [-0.2, -0.15) is 0 Å². The van der Waals surface area contributed by atoms with Crippen molar-refractivity contribution < 1.29 is 0 Å². The molecule has 0 aromatic rings. The van der Waals surface area contributed by atoms with Crippen LogP contribution in [0.4, 0.5) is 0 Å². The molecule has 2 heteroatoms. The number of likely N-dealkylation sites (N-methyl/N-ethyl adjacent to an activating group) is 1. The van der Waals surface area contributed by atoms with Crippen LogP contribution < -0.4 is 5.32 Å². The molecule has 0 bridgehead atoms. The molecular formula is C11H22N2. The second kappa shape index (κ2) is 3.97. The summed E-state index contributed by atoms with van der Waals surface area (Å²) in [4.78, 5) is 2.25. The van der Waals surface area contributed by atoms with Crippen LogP contribution in [0, 0.1) is 11.8 Å². The summed E-state index contributed by atoms with van der Waals surface area (Å²) in [5.41, 5.74) is 0. The van der Waals surface area contributed by atoms with E-state index in [0.717, 1.165) is 17.9 Å². The summed E-state index contributed by atoms with van der Waals surface area (Å²) >= 11 is 0. The fourth-order valence-corrected chi connectivity index (χ4v) is 2.08. The van der Waals surface area contributed by atoms with Crippen LogP contribution in [0.25, 0.3) is 0 Å². The van der Waals surface area contributed by atoms with Crippen molar-refractivity contribution in [3.8, 4) is 0 Å². The van der Waals surface area contributed by atoms with Gasteiger partial charge in [-0.3, -0.25) is 0 Å². The molecule has 0 aromatic carbocycles. The maximum atomic E-state index is 3.73. The van der Waals surface area contributed by atoms with E-state index in [1.54, 1.807) is 0 Å². The van der Waals surface area contributed by atoms with Gasteiger partial charge in [0.05, 0.1) is 0 Å². The molecule has 76 valence electrons. The van der Waals surface area contributed by atoms with Crippen LogP contribution in [0.1, 0.15) is 25.7 Å². The van der Waals surface area contributed by atoms with Gasteiger partial charge in [-0.05, 0) is 51.6 Å². The first-order chi connectivity index (χ1) is 6.27. The van der Waals surface area contributed by atoms with Crippen LogP contribution in [0.15, 0.2) is 0 Å². The summed E-state index contributed by atoms with van der Waals surface area (Å²) in [5, 5.41) is 3.73. The minimum absolute atomic E-state index is 0.875. The smallest absolute Gasteiger partial charge is 0.0124 e. The first kappa shape index (κ1) is 9.47. The van der Waals surface area contributed by atoms with Crippen molar-refractivity contribution in [1.29, 1.82) is 0 Å². The van der Waals surface area contributed by atoms with Gasteiger partial charge in [0.2, 0.25) is 0 Å². The van der Waals surface area contributed by atoms with Gasteiger partial charge in [0.1, 0.15) is 0 Å². The van der Waals surface area contributed by atoms with Gasteiger partial charge in [-0.25, -0.2) is 0 Å². The molecule has 0 aliphatic heterocycles. The summed E-state index contributed by atoms with van der Waals surface area (Å²) in [6.07, 6.45) is 5.93. The van der Waals surface area contributed by atoms with Gasteiger partial charge in [-0.15, -0.1) is 0 Å². The Morgan fingerprint density at radius 1 is 1.15 bits per heavy atom. The van der Waals surface area contributed by atoms with Crippen molar-refractivity contribution >= 4 is 0 Å². The lowest BCUT2D eigenvalue weighted by molar-refractivity contribution is 0.356. The third-order valence-corrected chi connectivity index (χ3v) is 3.20. The molecule has 0 radical (unpaired) electrons. The predicted octanol–water partition coefficient (Wildman–Crippen LogP) is 1.33. The molecule has 0 heterocycles. The molecule has 0 amide bonds. The average molecular weight is 182 g/mol. The molecule has 0 aromatic heterocycles. The van der Waals surface area contributed by atoms with Crippen LogP contribution in [0.3, 0.4) is 0 Å². The van der Waals surface area contributed by atoms with Crippen molar-refractivity contribution in [1.82, 2.24) is 10.2 Å². The standard InChI is InChI=1S/C11H22N2/c1-13(2)8-7-12-11(9-3-4-9)10-5-6-10/h9-12H,3-8H2,1-2H3. The number of rotatable bonds is 6. The average Bonchev–Trinajstić information content (AvgIpc) is 2.89. The first-order valence-electron chi connectivity index (χ1n) is 5.65. The van der Waals surface area contributed by atoms with Crippen molar-refractivity contribution in [3.05, 3.63) is 0 Å². The molecule has 2 fully saturated rings. The highest BCUT2D eigenvalue weighted by Crippen LogP contribution is 2.44. The zero-order valence-electron chi connectivity index (χ0n) is 8.92. The highest BCUT2D eigenvalue weighted by atomic mass is 15.1. The van der Waals surface area contributed by atoms with Crippen LogP contribution in [0.5, 0.6) is 0 Å². The number of hydrogen-bond donors (Lipinski definition) is 1. The Morgan fingerprint density at radius 3 is 2.08 bits per heavy atom. The molecule has 0 saturated heterocycles. The van der Waals surface area contributed by atoms with Gasteiger partial charge in [0, 0.05) is 19.1 Å². The summed E-state index contributed by atoms with van der Waals surface area (Å²) in [6, 6.07) is 0.875. The van der Waals surface area contributed by atoms with E-state index in [1.807, 2.05) is 0 Å². The van der Waals surface area contributed by atoms with E-state index in [-0.39, 0.29) is 0 Å². The minimum Gasteiger partial charge on any atom is -0.312 e. The Balaban J connectivity index is 1.64. The maximum absolute atomic E-state index is 3.73. The molecular weight excluding hydrogens is 160 g/mol. The van der Waals surface area contributed by atoms with Gasteiger partial charge in [0.15, 0.2) is 0 Å². The quantitative estimate of drug-likeness (QED) is 0.666. The van der Waals surface area contributed by atoms with E-state index in [2.05, 4.69) is 24.3 Å². The van der Waals surface area contributed by atoms with Gasteiger partial charge < -0.3 is 10.2 Å². The van der Waals surface area contributed by atoms with Crippen molar-refractivity contribution in [2.45, 2.75) is 31.7 Å². The molecule has 2 nitrogen and oxygen atoms in total. The van der Waals surface area contributed by atoms with Crippen LogP contribution in [-0.4, -0.2) is 38.1 Å². The minimum atomic E-state index is 0.875. The third kappa shape index (κ3) is 2.96. The lowest BCUT2D eigenvalue weighted by Gasteiger charge is -2.19. The second-order valence-corrected chi connectivity index (χ2v) is 4.96. The Hall–Kier alpha value is -0.0800. The maximum Gasteiger partial charge on any atom is 0.0124 e. The highest BCUT2D eigenvalue weighted by Gasteiger charge is 2.40. The van der Waals surface area contributed by atoms with Gasteiger partial charge >= 0.3 is 0 Å². The molecule has 13 heavy (non-hydrogen) atoms. The van der Waals surface area contributed by atoms with Crippen LogP contribution >= 0.6 is 0 Å². The molecule has 1 N–H and O–H groups in total. The van der Waals surface area contributed by atoms with Crippen LogP contribution in [-0.2, 0) is 0 Å². The lowest BCUT2D eigenvalue weighted by atomic mass is 10.1. The van der Waals surface area contributed by atoms with E-state index < -0.39 is 0 Å². The van der Waals surface area contributed by atoms with E-state index in [1.165, 1.54) is 38.8 Å². The van der Waals surface area contributed by atoms with Crippen molar-refractivity contribution in [2.24, 2.45) is 11.8 Å². The van der Waals surface area contributed by atoms with E-state index >= 15 is 0 Å². The molecule has 2 aliphatic carbocycles. The highest BCUT2D eigenvalue weighted by molar-refractivity contribution is 4.96. The summed E-state index contributed by atoms with van der Waals surface area (Å²) < 4.78 is 0. The normalized spacial score (nSPS) is 23.1. The van der Waals surface area contributed by atoms with Gasteiger partial charge in [-0.1, -0.05) is 0 Å². The van der Waals surface area contributed by atoms with Crippen molar-refractivity contribution in [2.75, 3.05) is 27.2 Å². The Bertz CT molecular complexity index is 147. The topological polar surface area (TPSA) is 15.3 Å². The van der Waals surface area contributed by atoms with Crippen LogP contribution in [0.2, 0.25) is 0 Å². The zero-order valence-corrected chi connectivity index (χ0v) is 8.92. The lowest BCUT2D eigenvalue weighted by Crippen LogP contribution is -2.37. The number of nitrogens with zero attached hydrogens (tertiary/aromatic N) is 1. The first-order valence-corrected chi connectivity index (χ1v) is 5.65. The fourth-order valence-electron chi connectivity index (χ4n) is 2.08. The SMILES string of the molecule is CN(C)CCNC(C1CC1)C1CC1. The number of nitrogens with one attached hydrogen (secondary N) is 1. The molecule has 0 unspecified atom stereocenters. The molecule has 2 aliphatic rings. The van der Waals surface area contributed by atoms with Gasteiger partial charge in [0.25, 0.3) is 0 Å². The molecule has 0 spiro atoms. The Kier molecular flexibility index (Phi) is 2.89. The van der Waals surface area contributed by atoms with E-state index in [4.69, 9.17) is 0 Å². The third-order valence-electron chi connectivity index (χ3n) is 3.20. The summed E-state index contributed by atoms with van der Waals surface area (Å²) in [6.45, 7) is 2.35. The zero-order chi connectivity index (χ0) is 9.26. The molecule has 0 atom stereocenters. The Morgan fingerprint density at radius 2 is 1.69 bits per heavy atom. The van der Waals surface area contributed by atoms with Crippen molar-refractivity contribution in [3.63, 3.8) is 0 Å². The van der Waals surface area contributed by atoms with E-state index in [0.29, 0.717) is 0 Å². The second-order valence-electron chi connectivity index (χ2n) is 4.96. The predicted molar refractivity (Wildman–Crippen MR) is 55.8 cm³/mol. The molecule has 2 saturated carbocycles. The summed E-state index contributed by atoms with van der Waals surface area (Å²) in [5.74, 6) is 2.07. The summed E-state index contributed by atoms with van der Waals surface area (Å²) in [7, 11) is 4.29. The molecule has 2 rings (SSSR count). The van der Waals surface area contributed by atoms with E-state index in [9.17, 15) is 0 Å². The monoisotopic (exact) mass is 182 g/mol. The fraction of sp³-hybridized carbons (Fsp3) is 1.00. The number of hydrogen-bond acceptors (Lipinski definition) is 2. The Labute approximate surface area is 81.7 Å². The largest absolute Gasteiger partial charge is 0.312 e.